The first-order valence-electron chi connectivity index (χ1n) is 12.7. The molecule has 0 aliphatic heterocycles. The van der Waals surface area contributed by atoms with Gasteiger partial charge in [0, 0.05) is 34.3 Å². The van der Waals surface area contributed by atoms with Crippen molar-refractivity contribution in [2.24, 2.45) is 0 Å². The van der Waals surface area contributed by atoms with Crippen LogP contribution in [0.15, 0.2) is 59.0 Å². The molecule has 1 unspecified atom stereocenters. The summed E-state index contributed by atoms with van der Waals surface area (Å²) in [6, 6.07) is 14.2. The van der Waals surface area contributed by atoms with Crippen LogP contribution in [0.5, 0.6) is 0 Å². The molecule has 1 fully saturated rings. The SMILES string of the molecule is CNC(=O)c1c(-c2ccc(F)cc2)oc2cc(CN(c3ccc(CCB(O)O)c(Cl)c3)S(=O)[O-])c(C3CC3)cc12. The molecule has 1 aliphatic carbocycles. The molecular weight excluding hydrogens is 558 g/mol. The largest absolute Gasteiger partial charge is 0.755 e. The number of rotatable bonds is 10. The molecule has 3 N–H and O–H groups in total. The zero-order valence-electron chi connectivity index (χ0n) is 21.5. The fraction of sp³-hybridized carbons (Fsp3) is 0.250. The van der Waals surface area contributed by atoms with Gasteiger partial charge in [-0.1, -0.05) is 17.7 Å². The van der Waals surface area contributed by atoms with Gasteiger partial charge in [0.1, 0.15) is 17.2 Å². The minimum Gasteiger partial charge on any atom is -0.755 e. The zero-order chi connectivity index (χ0) is 28.6. The molecule has 12 heteroatoms. The lowest BCUT2D eigenvalue weighted by molar-refractivity contribution is 0.0964. The highest BCUT2D eigenvalue weighted by Gasteiger charge is 2.30. The average Bonchev–Trinajstić information content (AvgIpc) is 3.70. The van der Waals surface area contributed by atoms with Gasteiger partial charge in [0.2, 0.25) is 0 Å². The standard InChI is InChI=1S/C28H27BClFN2O6S/c1-32-28(34)26-23-14-22(16-2-3-16)19(12-25(23)39-27(26)18-4-7-20(31)8-5-18)15-33(40(37)38)21-9-6-17(24(30)13-21)10-11-29(35)36/h4-9,12-14,16,35-36H,2-3,10-11,15H2,1H3,(H,32,34)(H,37,38)/p-1. The molecule has 1 atom stereocenters. The van der Waals surface area contributed by atoms with Crippen molar-refractivity contribution in [3.05, 3.63) is 87.7 Å². The number of benzene rings is 3. The van der Waals surface area contributed by atoms with Crippen molar-refractivity contribution >= 4 is 52.5 Å². The van der Waals surface area contributed by atoms with Crippen molar-refractivity contribution in [3.63, 3.8) is 0 Å². The number of carbonyl (C=O) groups is 1. The predicted octanol–water partition coefficient (Wildman–Crippen LogP) is 4.95. The van der Waals surface area contributed by atoms with E-state index in [1.807, 2.05) is 6.07 Å². The first-order valence-corrected chi connectivity index (χ1v) is 14.2. The molecule has 1 aliphatic rings. The Kier molecular flexibility index (Phi) is 8.30. The highest BCUT2D eigenvalue weighted by Crippen LogP contribution is 2.45. The van der Waals surface area contributed by atoms with E-state index in [1.54, 1.807) is 30.3 Å². The van der Waals surface area contributed by atoms with Crippen LogP contribution in [0.2, 0.25) is 11.3 Å². The minimum atomic E-state index is -2.64. The molecule has 1 aromatic heterocycles. The van der Waals surface area contributed by atoms with Crippen LogP contribution in [-0.2, 0) is 24.2 Å². The molecule has 8 nitrogen and oxygen atoms in total. The van der Waals surface area contributed by atoms with Gasteiger partial charge in [-0.15, -0.1) is 0 Å². The monoisotopic (exact) mass is 583 g/mol. The predicted molar refractivity (Wildman–Crippen MR) is 152 cm³/mol. The number of nitrogens with zero attached hydrogens (tertiary/aromatic N) is 1. The van der Waals surface area contributed by atoms with Crippen LogP contribution in [0.4, 0.5) is 10.1 Å². The van der Waals surface area contributed by atoms with E-state index in [4.69, 9.17) is 26.1 Å². The molecule has 0 radical (unpaired) electrons. The minimum absolute atomic E-state index is 0.00477. The summed E-state index contributed by atoms with van der Waals surface area (Å²) in [4.78, 5) is 13.0. The topological polar surface area (TPSA) is 126 Å². The van der Waals surface area contributed by atoms with Crippen LogP contribution >= 0.6 is 11.6 Å². The maximum atomic E-state index is 13.6. The molecular formula is C28H26BClFN2O6S-. The number of fused-ring (bicyclic) bond motifs is 1. The average molecular weight is 584 g/mol. The Morgan fingerprint density at radius 2 is 1.90 bits per heavy atom. The van der Waals surface area contributed by atoms with E-state index in [-0.39, 0.29) is 24.7 Å². The van der Waals surface area contributed by atoms with E-state index in [0.717, 1.165) is 24.0 Å². The molecule has 3 aromatic carbocycles. The Bertz CT molecular complexity index is 1590. The van der Waals surface area contributed by atoms with Crippen molar-refractivity contribution in [3.8, 4) is 11.3 Å². The second-order valence-electron chi connectivity index (χ2n) is 9.76. The van der Waals surface area contributed by atoms with Crippen LogP contribution in [0, 0.1) is 5.82 Å². The van der Waals surface area contributed by atoms with E-state index in [2.05, 4.69) is 5.32 Å². The molecule has 5 rings (SSSR count). The summed E-state index contributed by atoms with van der Waals surface area (Å²) in [5.41, 5.74) is 3.95. The number of furan rings is 1. The molecule has 208 valence electrons. The first-order chi connectivity index (χ1) is 19.2. The molecule has 1 saturated carbocycles. The van der Waals surface area contributed by atoms with Gasteiger partial charge in [0.25, 0.3) is 5.91 Å². The van der Waals surface area contributed by atoms with Crippen molar-refractivity contribution in [1.29, 1.82) is 0 Å². The summed E-state index contributed by atoms with van der Waals surface area (Å²) in [5, 5.41) is 21.9. The van der Waals surface area contributed by atoms with Crippen LogP contribution in [-0.4, -0.2) is 38.9 Å². The second kappa shape index (κ2) is 11.7. The molecule has 0 spiro atoms. The molecule has 4 aromatic rings. The maximum Gasteiger partial charge on any atom is 0.451 e. The number of nitrogens with one attached hydrogen (secondary N) is 1. The summed E-state index contributed by atoms with van der Waals surface area (Å²) in [6.07, 6.45) is 2.30. The third kappa shape index (κ3) is 5.94. The van der Waals surface area contributed by atoms with Crippen molar-refractivity contribution < 1.29 is 32.4 Å². The highest BCUT2D eigenvalue weighted by atomic mass is 35.5. The number of hydrogen-bond donors (Lipinski definition) is 3. The van der Waals surface area contributed by atoms with E-state index in [0.29, 0.717) is 50.6 Å². The van der Waals surface area contributed by atoms with Gasteiger partial charge in [0.15, 0.2) is 0 Å². The van der Waals surface area contributed by atoms with Gasteiger partial charge in [-0.25, -0.2) is 4.39 Å². The van der Waals surface area contributed by atoms with Crippen molar-refractivity contribution in [2.45, 2.75) is 38.0 Å². The maximum absolute atomic E-state index is 13.6. The fourth-order valence-corrected chi connectivity index (χ4v) is 5.63. The molecule has 1 heterocycles. The Morgan fingerprint density at radius 1 is 1.18 bits per heavy atom. The van der Waals surface area contributed by atoms with E-state index in [1.165, 1.54) is 29.6 Å². The lowest BCUT2D eigenvalue weighted by Crippen LogP contribution is -2.25. The van der Waals surface area contributed by atoms with Gasteiger partial charge < -0.3 is 24.3 Å². The molecule has 1 amide bonds. The zero-order valence-corrected chi connectivity index (χ0v) is 23.1. The highest BCUT2D eigenvalue weighted by molar-refractivity contribution is 7.80. The van der Waals surface area contributed by atoms with E-state index < -0.39 is 24.2 Å². The number of halogens is 2. The normalized spacial score (nSPS) is 13.8. The lowest BCUT2D eigenvalue weighted by Gasteiger charge is -2.28. The number of amides is 1. The molecule has 0 bridgehead atoms. The van der Waals surface area contributed by atoms with E-state index in [9.17, 15) is 17.9 Å². The first kappa shape index (κ1) is 28.3. The quantitative estimate of drug-likeness (QED) is 0.179. The summed E-state index contributed by atoms with van der Waals surface area (Å²) in [5.74, 6) is -0.241. The Labute approximate surface area is 238 Å². The van der Waals surface area contributed by atoms with Gasteiger partial charge in [-0.3, -0.25) is 13.3 Å². The van der Waals surface area contributed by atoms with Crippen molar-refractivity contribution in [2.75, 3.05) is 11.4 Å². The smallest absolute Gasteiger partial charge is 0.451 e. The fourth-order valence-electron chi connectivity index (χ4n) is 4.83. The van der Waals surface area contributed by atoms with Crippen molar-refractivity contribution in [1.82, 2.24) is 5.32 Å². The molecule has 0 saturated heterocycles. The van der Waals surface area contributed by atoms with E-state index >= 15 is 0 Å². The Morgan fingerprint density at radius 3 is 2.50 bits per heavy atom. The van der Waals surface area contributed by atoms with Gasteiger partial charge in [0.05, 0.1) is 17.8 Å². The Balaban J connectivity index is 1.57. The van der Waals surface area contributed by atoms with Crippen LogP contribution < -0.4 is 9.62 Å². The third-order valence-electron chi connectivity index (χ3n) is 7.02. The van der Waals surface area contributed by atoms with Gasteiger partial charge in [-0.05, 0) is 96.7 Å². The number of anilines is 1. The number of aryl methyl sites for hydroxylation is 1. The summed E-state index contributed by atoms with van der Waals surface area (Å²) in [7, 11) is 0.0569. The lowest BCUT2D eigenvalue weighted by atomic mass is 9.83. The third-order valence-corrected chi connectivity index (χ3v) is 8.07. The van der Waals surface area contributed by atoms with Crippen LogP contribution in [0.3, 0.4) is 0 Å². The summed E-state index contributed by atoms with van der Waals surface area (Å²) >= 11 is 3.76. The second-order valence-corrected chi connectivity index (χ2v) is 11.0. The number of carbonyl (C=O) groups excluding carboxylic acids is 1. The number of hydrogen-bond acceptors (Lipinski definition) is 6. The van der Waals surface area contributed by atoms with Gasteiger partial charge in [-0.2, -0.15) is 0 Å². The molecule has 40 heavy (non-hydrogen) atoms. The van der Waals surface area contributed by atoms with Crippen LogP contribution in [0.25, 0.3) is 22.3 Å². The van der Waals surface area contributed by atoms with Gasteiger partial charge >= 0.3 is 7.12 Å². The van der Waals surface area contributed by atoms with Crippen LogP contribution in [0.1, 0.15) is 45.8 Å². The summed E-state index contributed by atoms with van der Waals surface area (Å²) in [6.45, 7) is 0.00477. The summed E-state index contributed by atoms with van der Waals surface area (Å²) < 4.78 is 45.7. The Hall–Kier alpha value is -3.22.